The van der Waals surface area contributed by atoms with Gasteiger partial charge >= 0.3 is 0 Å². The average Bonchev–Trinajstić information content (AvgIpc) is 2.73. The van der Waals surface area contributed by atoms with Gasteiger partial charge in [-0.1, -0.05) is 32.0 Å². The smallest absolute Gasteiger partial charge is 0.123 e. The summed E-state index contributed by atoms with van der Waals surface area (Å²) >= 11 is 0. The molecule has 0 bridgehead atoms. The lowest BCUT2D eigenvalue weighted by Crippen LogP contribution is -2.34. The normalized spacial score (nSPS) is 22.9. The molecule has 0 aromatic heterocycles. The summed E-state index contributed by atoms with van der Waals surface area (Å²) in [7, 11) is 0. The highest BCUT2D eigenvalue weighted by Gasteiger charge is 2.33. The standard InChI is InChI=1S/C25H31NO2/c1-17(2)23-9-5-20-15-22(28)8-10-24(20)25(23)19-3-6-21(7-4-19)26-13-11-18(16-27)12-14-26/h3-4,6-8,10,15-18,23,25,28H,5,9,11-14H2,1-2H3/t23-,25+/m1/s1. The van der Waals surface area contributed by atoms with Gasteiger partial charge in [-0.05, 0) is 78.5 Å². The number of benzene rings is 2. The van der Waals surface area contributed by atoms with E-state index in [-0.39, 0.29) is 5.92 Å². The zero-order valence-electron chi connectivity index (χ0n) is 17.0. The van der Waals surface area contributed by atoms with E-state index in [1.54, 1.807) is 0 Å². The lowest BCUT2D eigenvalue weighted by Gasteiger charge is -2.37. The van der Waals surface area contributed by atoms with Crippen LogP contribution in [0.5, 0.6) is 5.75 Å². The molecule has 1 fully saturated rings. The molecule has 2 atom stereocenters. The molecular formula is C25H31NO2. The molecule has 1 N–H and O–H groups in total. The Hall–Kier alpha value is -2.29. The Morgan fingerprint density at radius 2 is 1.75 bits per heavy atom. The number of anilines is 1. The Morgan fingerprint density at radius 3 is 2.39 bits per heavy atom. The minimum absolute atomic E-state index is 0.234. The van der Waals surface area contributed by atoms with Crippen molar-refractivity contribution in [3.8, 4) is 5.75 Å². The molecule has 2 aliphatic rings. The van der Waals surface area contributed by atoms with Gasteiger partial charge < -0.3 is 14.8 Å². The molecule has 3 nitrogen and oxygen atoms in total. The number of fused-ring (bicyclic) bond motifs is 1. The van der Waals surface area contributed by atoms with Gasteiger partial charge in [-0.3, -0.25) is 0 Å². The number of piperidine rings is 1. The molecule has 0 radical (unpaired) electrons. The molecule has 0 saturated carbocycles. The van der Waals surface area contributed by atoms with E-state index in [1.807, 2.05) is 12.1 Å². The van der Waals surface area contributed by atoms with E-state index in [0.717, 1.165) is 38.6 Å². The first kappa shape index (κ1) is 19.0. The van der Waals surface area contributed by atoms with Gasteiger partial charge in [0.2, 0.25) is 0 Å². The van der Waals surface area contributed by atoms with Gasteiger partial charge in [0, 0.05) is 30.6 Å². The first-order valence-corrected chi connectivity index (χ1v) is 10.7. The summed E-state index contributed by atoms with van der Waals surface area (Å²) in [5, 5.41) is 9.91. The van der Waals surface area contributed by atoms with Gasteiger partial charge in [0.25, 0.3) is 0 Å². The molecule has 1 saturated heterocycles. The largest absolute Gasteiger partial charge is 0.508 e. The summed E-state index contributed by atoms with van der Waals surface area (Å²) in [4.78, 5) is 13.4. The fourth-order valence-electron chi connectivity index (χ4n) is 5.16. The van der Waals surface area contributed by atoms with Crippen LogP contribution in [-0.4, -0.2) is 24.5 Å². The van der Waals surface area contributed by atoms with Crippen molar-refractivity contribution in [2.24, 2.45) is 17.8 Å². The van der Waals surface area contributed by atoms with Crippen LogP contribution in [0.4, 0.5) is 5.69 Å². The van der Waals surface area contributed by atoms with Gasteiger partial charge in [-0.25, -0.2) is 0 Å². The zero-order chi connectivity index (χ0) is 19.7. The Kier molecular flexibility index (Phi) is 5.43. The number of nitrogens with zero attached hydrogens (tertiary/aromatic N) is 1. The van der Waals surface area contributed by atoms with Crippen LogP contribution in [0.25, 0.3) is 0 Å². The fourth-order valence-corrected chi connectivity index (χ4v) is 5.16. The van der Waals surface area contributed by atoms with Gasteiger partial charge in [-0.2, -0.15) is 0 Å². The van der Waals surface area contributed by atoms with Crippen LogP contribution < -0.4 is 4.90 Å². The number of phenols is 1. The van der Waals surface area contributed by atoms with Gasteiger partial charge in [0.05, 0.1) is 0 Å². The van der Waals surface area contributed by atoms with Crippen molar-refractivity contribution < 1.29 is 9.90 Å². The van der Waals surface area contributed by atoms with Crippen LogP contribution in [0, 0.1) is 17.8 Å². The number of carbonyl (C=O) groups excluding carboxylic acids is 1. The lowest BCUT2D eigenvalue weighted by molar-refractivity contribution is -0.111. The molecule has 0 spiro atoms. The minimum Gasteiger partial charge on any atom is -0.508 e. The molecular weight excluding hydrogens is 346 g/mol. The molecule has 3 heteroatoms. The molecule has 1 aliphatic carbocycles. The molecule has 2 aromatic rings. The second-order valence-electron chi connectivity index (χ2n) is 8.86. The topological polar surface area (TPSA) is 40.5 Å². The second kappa shape index (κ2) is 7.98. The summed E-state index contributed by atoms with van der Waals surface area (Å²) in [5.41, 5.74) is 5.30. The highest BCUT2D eigenvalue weighted by molar-refractivity contribution is 5.56. The number of aryl methyl sites for hydroxylation is 1. The maximum atomic E-state index is 11.0. The third-order valence-corrected chi connectivity index (χ3v) is 6.84. The van der Waals surface area contributed by atoms with Gasteiger partial charge in [0.1, 0.15) is 12.0 Å². The second-order valence-corrected chi connectivity index (χ2v) is 8.86. The highest BCUT2D eigenvalue weighted by Crippen LogP contribution is 2.45. The van der Waals surface area contributed by atoms with Crippen LogP contribution >= 0.6 is 0 Å². The van der Waals surface area contributed by atoms with E-state index >= 15 is 0 Å². The number of hydrogen-bond acceptors (Lipinski definition) is 3. The predicted molar refractivity (Wildman–Crippen MR) is 114 cm³/mol. The Bertz CT molecular complexity index is 819. The van der Waals surface area contributed by atoms with Gasteiger partial charge in [0.15, 0.2) is 0 Å². The Morgan fingerprint density at radius 1 is 1.04 bits per heavy atom. The van der Waals surface area contributed by atoms with Crippen molar-refractivity contribution in [3.63, 3.8) is 0 Å². The first-order chi connectivity index (χ1) is 13.6. The Balaban J connectivity index is 1.61. The van der Waals surface area contributed by atoms with Crippen molar-refractivity contribution in [1.29, 1.82) is 0 Å². The summed E-state index contributed by atoms with van der Waals surface area (Å²) in [5.74, 6) is 2.23. The molecule has 4 rings (SSSR count). The predicted octanol–water partition coefficient (Wildman–Crippen LogP) is 5.16. The summed E-state index contributed by atoms with van der Waals surface area (Å²) < 4.78 is 0. The molecule has 2 aromatic carbocycles. The number of phenolic OH excluding ortho intramolecular Hbond substituents is 1. The molecule has 0 amide bonds. The zero-order valence-corrected chi connectivity index (χ0v) is 17.0. The Labute approximate surface area is 168 Å². The number of hydrogen-bond donors (Lipinski definition) is 1. The van der Waals surface area contributed by atoms with E-state index in [2.05, 4.69) is 49.1 Å². The SMILES string of the molecule is CC(C)[C@H]1CCc2cc(O)ccc2[C@H]1c1ccc(N2CCC(C=O)CC2)cc1. The number of aromatic hydroxyl groups is 1. The van der Waals surface area contributed by atoms with Crippen molar-refractivity contribution >= 4 is 12.0 Å². The quantitative estimate of drug-likeness (QED) is 0.749. The summed E-state index contributed by atoms with van der Waals surface area (Å²) in [6.45, 7) is 6.58. The maximum Gasteiger partial charge on any atom is 0.123 e. The summed E-state index contributed by atoms with van der Waals surface area (Å²) in [6.07, 6.45) is 5.25. The van der Waals surface area contributed by atoms with Crippen LogP contribution in [0.1, 0.15) is 55.7 Å². The van der Waals surface area contributed by atoms with Crippen molar-refractivity contribution in [3.05, 3.63) is 59.2 Å². The molecule has 28 heavy (non-hydrogen) atoms. The first-order valence-electron chi connectivity index (χ1n) is 10.7. The summed E-state index contributed by atoms with van der Waals surface area (Å²) in [6, 6.07) is 15.0. The van der Waals surface area contributed by atoms with Crippen LogP contribution in [0.3, 0.4) is 0 Å². The van der Waals surface area contributed by atoms with Crippen LogP contribution in [-0.2, 0) is 11.2 Å². The van der Waals surface area contributed by atoms with Gasteiger partial charge in [-0.15, -0.1) is 0 Å². The fraction of sp³-hybridized carbons (Fsp3) is 0.480. The monoisotopic (exact) mass is 377 g/mol. The van der Waals surface area contributed by atoms with E-state index in [9.17, 15) is 9.90 Å². The van der Waals surface area contributed by atoms with Crippen LogP contribution in [0.2, 0.25) is 0 Å². The number of carbonyl (C=O) groups is 1. The molecule has 1 heterocycles. The van der Waals surface area contributed by atoms with E-state index in [4.69, 9.17) is 0 Å². The minimum atomic E-state index is 0.234. The third kappa shape index (κ3) is 3.67. The molecule has 0 unspecified atom stereocenters. The van der Waals surface area contributed by atoms with Crippen molar-refractivity contribution in [2.75, 3.05) is 18.0 Å². The number of rotatable bonds is 4. The van der Waals surface area contributed by atoms with E-state index in [1.165, 1.54) is 28.8 Å². The molecule has 1 aliphatic heterocycles. The molecule has 148 valence electrons. The van der Waals surface area contributed by atoms with E-state index < -0.39 is 0 Å². The van der Waals surface area contributed by atoms with E-state index in [0.29, 0.717) is 23.5 Å². The average molecular weight is 378 g/mol. The van der Waals surface area contributed by atoms with Crippen LogP contribution in [0.15, 0.2) is 42.5 Å². The highest BCUT2D eigenvalue weighted by atomic mass is 16.3. The number of aldehydes is 1. The lowest BCUT2D eigenvalue weighted by atomic mass is 9.68. The maximum absolute atomic E-state index is 11.0. The van der Waals surface area contributed by atoms with Crippen molar-refractivity contribution in [1.82, 2.24) is 0 Å². The van der Waals surface area contributed by atoms with Crippen molar-refractivity contribution in [2.45, 2.75) is 45.4 Å². The third-order valence-electron chi connectivity index (χ3n) is 6.84.